The Hall–Kier alpha value is -2.07. The summed E-state index contributed by atoms with van der Waals surface area (Å²) in [6.07, 6.45) is 0.402. The predicted molar refractivity (Wildman–Crippen MR) is 84.9 cm³/mol. The number of anilines is 1. The minimum absolute atomic E-state index is 0.0452. The topological polar surface area (TPSA) is 37.4 Å². The molecule has 21 heavy (non-hydrogen) atoms. The molecule has 2 aromatic carbocycles. The standard InChI is InChI=1S/C17H15NO2S/c19-16-10-11-18(15-9-5-4-8-14(15)16)17(20)12-21-13-6-2-1-3-7-13/h1-9H,10-12H2. The molecule has 1 aliphatic rings. The Morgan fingerprint density at radius 1 is 1.05 bits per heavy atom. The molecule has 4 heteroatoms. The number of nitrogens with zero attached hydrogens (tertiary/aromatic N) is 1. The average molecular weight is 297 g/mol. The third-order valence-corrected chi connectivity index (χ3v) is 4.46. The molecule has 1 aliphatic heterocycles. The number of benzene rings is 2. The number of amides is 1. The monoisotopic (exact) mass is 297 g/mol. The van der Waals surface area contributed by atoms with Gasteiger partial charge in [0.15, 0.2) is 5.78 Å². The number of carbonyl (C=O) groups is 2. The van der Waals surface area contributed by atoms with Gasteiger partial charge in [-0.3, -0.25) is 9.59 Å². The van der Waals surface area contributed by atoms with E-state index in [0.717, 1.165) is 10.6 Å². The summed E-state index contributed by atoms with van der Waals surface area (Å²) < 4.78 is 0. The van der Waals surface area contributed by atoms with E-state index < -0.39 is 0 Å². The first-order valence-electron chi connectivity index (χ1n) is 6.86. The van der Waals surface area contributed by atoms with Gasteiger partial charge in [0.25, 0.3) is 0 Å². The third-order valence-electron chi connectivity index (χ3n) is 3.46. The molecule has 3 rings (SSSR count). The number of hydrogen-bond acceptors (Lipinski definition) is 3. The first-order chi connectivity index (χ1) is 10.3. The number of thioether (sulfide) groups is 1. The summed E-state index contributed by atoms with van der Waals surface area (Å²) in [5.74, 6) is 0.543. The Balaban J connectivity index is 1.74. The van der Waals surface area contributed by atoms with Gasteiger partial charge in [-0.2, -0.15) is 0 Å². The van der Waals surface area contributed by atoms with Crippen molar-refractivity contribution in [2.45, 2.75) is 11.3 Å². The van der Waals surface area contributed by atoms with Gasteiger partial charge in [0, 0.05) is 23.4 Å². The summed E-state index contributed by atoms with van der Waals surface area (Å²) in [7, 11) is 0. The molecule has 0 fully saturated rings. The van der Waals surface area contributed by atoms with E-state index in [9.17, 15) is 9.59 Å². The molecule has 0 saturated carbocycles. The van der Waals surface area contributed by atoms with Crippen molar-refractivity contribution in [3.8, 4) is 0 Å². The van der Waals surface area contributed by atoms with E-state index in [1.807, 2.05) is 48.5 Å². The molecule has 0 aromatic heterocycles. The van der Waals surface area contributed by atoms with Gasteiger partial charge < -0.3 is 4.90 Å². The lowest BCUT2D eigenvalue weighted by molar-refractivity contribution is -0.116. The Bertz CT molecular complexity index is 670. The molecular formula is C17H15NO2S. The van der Waals surface area contributed by atoms with Crippen molar-refractivity contribution in [2.24, 2.45) is 0 Å². The third kappa shape index (κ3) is 3.00. The maximum absolute atomic E-state index is 12.4. The maximum atomic E-state index is 12.4. The second kappa shape index (κ2) is 6.14. The van der Waals surface area contributed by atoms with E-state index in [1.165, 1.54) is 11.8 Å². The van der Waals surface area contributed by atoms with Crippen molar-refractivity contribution in [1.29, 1.82) is 0 Å². The second-order valence-corrected chi connectivity index (χ2v) is 5.89. The number of Topliss-reactive ketones (excluding diaryl/α,β-unsaturated/α-hetero) is 1. The van der Waals surface area contributed by atoms with Crippen LogP contribution in [0.5, 0.6) is 0 Å². The van der Waals surface area contributed by atoms with Crippen molar-refractivity contribution >= 4 is 29.1 Å². The van der Waals surface area contributed by atoms with E-state index >= 15 is 0 Å². The van der Waals surface area contributed by atoms with Gasteiger partial charge in [0.2, 0.25) is 5.91 Å². The lowest BCUT2D eigenvalue weighted by Crippen LogP contribution is -2.38. The number of hydrogen-bond donors (Lipinski definition) is 0. The number of ketones is 1. The van der Waals surface area contributed by atoms with Gasteiger partial charge in [0.1, 0.15) is 0 Å². The Kier molecular flexibility index (Phi) is 4.06. The quantitative estimate of drug-likeness (QED) is 0.815. The summed E-state index contributed by atoms with van der Waals surface area (Å²) in [6.45, 7) is 0.476. The number of para-hydroxylation sites is 1. The molecule has 0 bridgehead atoms. The summed E-state index contributed by atoms with van der Waals surface area (Å²) in [6, 6.07) is 17.2. The van der Waals surface area contributed by atoms with E-state index in [0.29, 0.717) is 24.3 Å². The van der Waals surface area contributed by atoms with Gasteiger partial charge in [0.05, 0.1) is 11.4 Å². The van der Waals surface area contributed by atoms with Crippen molar-refractivity contribution in [1.82, 2.24) is 0 Å². The van der Waals surface area contributed by atoms with Crippen molar-refractivity contribution < 1.29 is 9.59 Å². The number of carbonyl (C=O) groups excluding carboxylic acids is 2. The van der Waals surface area contributed by atoms with Crippen LogP contribution >= 0.6 is 11.8 Å². The summed E-state index contributed by atoms with van der Waals surface area (Å²) >= 11 is 1.52. The van der Waals surface area contributed by atoms with Crippen LogP contribution < -0.4 is 4.90 Å². The molecule has 0 unspecified atom stereocenters. The fourth-order valence-electron chi connectivity index (χ4n) is 2.41. The molecule has 2 aromatic rings. The van der Waals surface area contributed by atoms with Gasteiger partial charge in [-0.1, -0.05) is 30.3 Å². The van der Waals surface area contributed by atoms with Crippen LogP contribution in [0.2, 0.25) is 0 Å². The largest absolute Gasteiger partial charge is 0.311 e. The lowest BCUT2D eigenvalue weighted by atomic mass is 10.0. The molecular weight excluding hydrogens is 282 g/mol. The second-order valence-electron chi connectivity index (χ2n) is 4.84. The van der Waals surface area contributed by atoms with Crippen LogP contribution in [0.1, 0.15) is 16.8 Å². The number of fused-ring (bicyclic) bond motifs is 1. The zero-order valence-corrected chi connectivity index (χ0v) is 12.3. The zero-order valence-electron chi connectivity index (χ0n) is 11.5. The molecule has 0 aliphatic carbocycles. The first-order valence-corrected chi connectivity index (χ1v) is 7.85. The minimum atomic E-state index is 0.0452. The van der Waals surface area contributed by atoms with Crippen LogP contribution in [-0.4, -0.2) is 24.0 Å². The van der Waals surface area contributed by atoms with Crippen molar-refractivity contribution in [2.75, 3.05) is 17.2 Å². The lowest BCUT2D eigenvalue weighted by Gasteiger charge is -2.28. The highest BCUT2D eigenvalue weighted by Gasteiger charge is 2.26. The van der Waals surface area contributed by atoms with Crippen LogP contribution in [0, 0.1) is 0 Å². The molecule has 0 saturated heterocycles. The summed E-state index contributed by atoms with van der Waals surface area (Å²) in [5.41, 5.74) is 1.40. The van der Waals surface area contributed by atoms with E-state index in [-0.39, 0.29) is 11.7 Å². The van der Waals surface area contributed by atoms with Crippen LogP contribution in [0.4, 0.5) is 5.69 Å². The Morgan fingerprint density at radius 2 is 1.76 bits per heavy atom. The van der Waals surface area contributed by atoms with Crippen molar-refractivity contribution in [3.63, 3.8) is 0 Å². The summed E-state index contributed by atoms with van der Waals surface area (Å²) in [5, 5.41) is 0. The predicted octanol–water partition coefficient (Wildman–Crippen LogP) is 3.40. The fraction of sp³-hybridized carbons (Fsp3) is 0.176. The zero-order chi connectivity index (χ0) is 14.7. The van der Waals surface area contributed by atoms with Crippen LogP contribution in [-0.2, 0) is 4.79 Å². The molecule has 0 spiro atoms. The first kappa shape index (κ1) is 13.9. The van der Waals surface area contributed by atoms with Crippen LogP contribution in [0.3, 0.4) is 0 Å². The molecule has 0 atom stereocenters. The number of rotatable bonds is 3. The van der Waals surface area contributed by atoms with E-state index in [2.05, 4.69) is 0 Å². The highest BCUT2D eigenvalue weighted by atomic mass is 32.2. The molecule has 1 amide bonds. The normalized spacial score (nSPS) is 13.9. The van der Waals surface area contributed by atoms with E-state index in [4.69, 9.17) is 0 Å². The highest BCUT2D eigenvalue weighted by molar-refractivity contribution is 8.00. The Labute approximate surface area is 128 Å². The molecule has 0 N–H and O–H groups in total. The van der Waals surface area contributed by atoms with Crippen LogP contribution in [0.15, 0.2) is 59.5 Å². The SMILES string of the molecule is O=C1CCN(C(=O)CSc2ccccc2)c2ccccc21. The van der Waals surface area contributed by atoms with Crippen LogP contribution in [0.25, 0.3) is 0 Å². The minimum Gasteiger partial charge on any atom is -0.311 e. The molecule has 0 radical (unpaired) electrons. The molecule has 3 nitrogen and oxygen atoms in total. The van der Waals surface area contributed by atoms with Gasteiger partial charge in [-0.15, -0.1) is 11.8 Å². The fourth-order valence-corrected chi connectivity index (χ4v) is 3.21. The smallest absolute Gasteiger partial charge is 0.237 e. The van der Waals surface area contributed by atoms with Gasteiger partial charge in [-0.05, 0) is 24.3 Å². The van der Waals surface area contributed by atoms with Gasteiger partial charge >= 0.3 is 0 Å². The Morgan fingerprint density at radius 3 is 2.57 bits per heavy atom. The van der Waals surface area contributed by atoms with Crippen molar-refractivity contribution in [3.05, 3.63) is 60.2 Å². The molecule has 1 heterocycles. The molecule has 106 valence electrons. The average Bonchev–Trinajstić information content (AvgIpc) is 2.54. The highest BCUT2D eigenvalue weighted by Crippen LogP contribution is 2.28. The summed E-state index contributed by atoms with van der Waals surface area (Å²) in [4.78, 5) is 27.1. The maximum Gasteiger partial charge on any atom is 0.237 e. The van der Waals surface area contributed by atoms with Gasteiger partial charge in [-0.25, -0.2) is 0 Å². The van der Waals surface area contributed by atoms with E-state index in [1.54, 1.807) is 11.0 Å².